The van der Waals surface area contributed by atoms with Crippen molar-refractivity contribution in [2.24, 2.45) is 0 Å². The van der Waals surface area contributed by atoms with E-state index in [0.29, 0.717) is 5.89 Å². The maximum absolute atomic E-state index is 5.48. The van der Waals surface area contributed by atoms with Gasteiger partial charge in [-0.05, 0) is 39.0 Å². The van der Waals surface area contributed by atoms with Crippen molar-refractivity contribution in [1.82, 2.24) is 10.2 Å². The number of aromatic nitrogens is 2. The highest BCUT2D eigenvalue weighted by atomic mass is 79.9. The molecule has 0 fully saturated rings. The Hall–Kier alpha value is -0.390. The van der Waals surface area contributed by atoms with E-state index >= 15 is 0 Å². The van der Waals surface area contributed by atoms with Gasteiger partial charge >= 0.3 is 5.35 Å². The van der Waals surface area contributed by atoms with Crippen molar-refractivity contribution in [3.05, 3.63) is 21.3 Å². The first-order valence-electron chi connectivity index (χ1n) is 3.00. The zero-order chi connectivity index (χ0) is 8.55. The second-order valence-electron chi connectivity index (χ2n) is 1.96. The van der Waals surface area contributed by atoms with E-state index in [1.54, 1.807) is 0 Å². The summed E-state index contributed by atoms with van der Waals surface area (Å²) in [4.78, 5) is 0.898. The van der Waals surface area contributed by atoms with E-state index in [1.807, 2.05) is 11.4 Å². The van der Waals surface area contributed by atoms with Gasteiger partial charge in [-0.2, -0.15) is 0 Å². The molecule has 2 rings (SSSR count). The van der Waals surface area contributed by atoms with E-state index in [-0.39, 0.29) is 5.35 Å². The van der Waals surface area contributed by atoms with Crippen LogP contribution in [0.2, 0.25) is 5.35 Å². The topological polar surface area (TPSA) is 38.9 Å². The number of nitrogens with zero attached hydrogens (tertiary/aromatic N) is 2. The largest absolute Gasteiger partial charge is 0.406 e. The minimum Gasteiger partial charge on any atom is -0.406 e. The number of rotatable bonds is 1. The van der Waals surface area contributed by atoms with Gasteiger partial charge in [0.15, 0.2) is 0 Å². The summed E-state index contributed by atoms with van der Waals surface area (Å²) in [5.41, 5.74) is 0. The molecule has 2 aromatic heterocycles. The molecule has 6 heteroatoms. The Balaban J connectivity index is 2.50. The fourth-order valence-electron chi connectivity index (χ4n) is 0.743. The Morgan fingerprint density at radius 2 is 2.33 bits per heavy atom. The molecule has 0 aliphatic heterocycles. The molecule has 0 saturated carbocycles. The summed E-state index contributed by atoms with van der Waals surface area (Å²) in [6.07, 6.45) is 0. The molecule has 0 radical (unpaired) electrons. The summed E-state index contributed by atoms with van der Waals surface area (Å²) in [6.45, 7) is 0. The van der Waals surface area contributed by atoms with Crippen LogP contribution in [0.5, 0.6) is 0 Å². The van der Waals surface area contributed by atoms with Gasteiger partial charge in [0.2, 0.25) is 0 Å². The third-order valence-electron chi connectivity index (χ3n) is 1.21. The summed E-state index contributed by atoms with van der Waals surface area (Å²) in [5.74, 6) is 0.446. The zero-order valence-electron chi connectivity index (χ0n) is 5.62. The van der Waals surface area contributed by atoms with Crippen LogP contribution in [0.1, 0.15) is 0 Å². The highest BCUT2D eigenvalue weighted by Crippen LogP contribution is 2.32. The molecule has 2 heterocycles. The van der Waals surface area contributed by atoms with E-state index < -0.39 is 0 Å². The SMILES string of the molecule is Clc1nnc(-c2sccc2Br)o1. The van der Waals surface area contributed by atoms with Gasteiger partial charge in [0.05, 0.1) is 0 Å². The highest BCUT2D eigenvalue weighted by molar-refractivity contribution is 9.10. The predicted molar refractivity (Wildman–Crippen MR) is 50.3 cm³/mol. The lowest BCUT2D eigenvalue weighted by Crippen LogP contribution is -1.71. The van der Waals surface area contributed by atoms with Gasteiger partial charge in [-0.25, -0.2) is 0 Å². The smallest absolute Gasteiger partial charge is 0.313 e. The second-order valence-corrected chi connectivity index (χ2v) is 4.05. The number of hydrogen-bond acceptors (Lipinski definition) is 4. The molecule has 0 unspecified atom stereocenters. The van der Waals surface area contributed by atoms with E-state index in [2.05, 4.69) is 26.1 Å². The molecule has 0 amide bonds. The van der Waals surface area contributed by atoms with Crippen LogP contribution in [0, 0.1) is 0 Å². The minimum atomic E-state index is 0.0605. The molecule has 62 valence electrons. The van der Waals surface area contributed by atoms with Gasteiger partial charge in [0.25, 0.3) is 5.89 Å². The molecule has 0 saturated heterocycles. The first kappa shape index (κ1) is 8.22. The van der Waals surface area contributed by atoms with Crippen LogP contribution in [-0.4, -0.2) is 10.2 Å². The molecule has 0 aromatic carbocycles. The summed E-state index contributed by atoms with van der Waals surface area (Å²) < 4.78 is 5.97. The Bertz CT molecular complexity index is 400. The third-order valence-corrected chi connectivity index (χ3v) is 3.19. The van der Waals surface area contributed by atoms with Crippen molar-refractivity contribution in [2.75, 3.05) is 0 Å². The lowest BCUT2D eigenvalue weighted by atomic mass is 10.5. The third kappa shape index (κ3) is 1.39. The van der Waals surface area contributed by atoms with Crippen LogP contribution in [0.4, 0.5) is 0 Å². The maximum atomic E-state index is 5.48. The van der Waals surface area contributed by atoms with Gasteiger partial charge < -0.3 is 4.42 Å². The molecule has 12 heavy (non-hydrogen) atoms. The molecular formula is C6H2BrClN2OS. The number of hydrogen-bond donors (Lipinski definition) is 0. The summed E-state index contributed by atoms with van der Waals surface area (Å²) >= 11 is 10.3. The molecule has 0 spiro atoms. The van der Waals surface area contributed by atoms with Crippen LogP contribution in [-0.2, 0) is 0 Å². The molecule has 2 aromatic rings. The lowest BCUT2D eigenvalue weighted by Gasteiger charge is -1.86. The Kier molecular flexibility index (Phi) is 2.16. The van der Waals surface area contributed by atoms with E-state index in [4.69, 9.17) is 16.0 Å². The minimum absolute atomic E-state index is 0.0605. The molecule has 3 nitrogen and oxygen atoms in total. The highest BCUT2D eigenvalue weighted by Gasteiger charge is 2.11. The molecule has 0 N–H and O–H groups in total. The first-order chi connectivity index (χ1) is 5.77. The number of thiophene rings is 1. The van der Waals surface area contributed by atoms with E-state index in [9.17, 15) is 0 Å². The van der Waals surface area contributed by atoms with Crippen molar-refractivity contribution < 1.29 is 4.42 Å². The standard InChI is InChI=1S/C6H2BrClN2OS/c7-3-1-2-12-4(3)5-9-10-6(8)11-5/h1-2H. The van der Waals surface area contributed by atoms with Crippen molar-refractivity contribution in [3.63, 3.8) is 0 Å². The Morgan fingerprint density at radius 3 is 2.83 bits per heavy atom. The van der Waals surface area contributed by atoms with Gasteiger partial charge in [-0.15, -0.1) is 16.4 Å². The van der Waals surface area contributed by atoms with Crippen LogP contribution < -0.4 is 0 Å². The van der Waals surface area contributed by atoms with Gasteiger partial charge in [0, 0.05) is 4.47 Å². The van der Waals surface area contributed by atoms with Crippen LogP contribution in [0.15, 0.2) is 20.3 Å². The van der Waals surface area contributed by atoms with Gasteiger partial charge in [-0.1, -0.05) is 5.10 Å². The molecule has 0 aliphatic rings. The maximum Gasteiger partial charge on any atom is 0.313 e. The fourth-order valence-corrected chi connectivity index (χ4v) is 2.32. The van der Waals surface area contributed by atoms with Gasteiger partial charge in [0.1, 0.15) is 4.88 Å². The van der Waals surface area contributed by atoms with E-state index in [1.165, 1.54) is 11.3 Å². The summed E-state index contributed by atoms with van der Waals surface area (Å²) in [5, 5.41) is 9.29. The van der Waals surface area contributed by atoms with Crippen LogP contribution >= 0.6 is 38.9 Å². The summed E-state index contributed by atoms with van der Waals surface area (Å²) in [6, 6.07) is 1.91. The van der Waals surface area contributed by atoms with Crippen molar-refractivity contribution >= 4 is 38.9 Å². The Morgan fingerprint density at radius 1 is 1.50 bits per heavy atom. The average molecular weight is 266 g/mol. The van der Waals surface area contributed by atoms with Crippen molar-refractivity contribution in [1.29, 1.82) is 0 Å². The quantitative estimate of drug-likeness (QED) is 0.795. The summed E-state index contributed by atoms with van der Waals surface area (Å²) in [7, 11) is 0. The molecule has 0 atom stereocenters. The fraction of sp³-hybridized carbons (Fsp3) is 0. The zero-order valence-corrected chi connectivity index (χ0v) is 8.78. The van der Waals surface area contributed by atoms with Crippen molar-refractivity contribution in [3.8, 4) is 10.8 Å². The van der Waals surface area contributed by atoms with Crippen molar-refractivity contribution in [2.45, 2.75) is 0 Å². The monoisotopic (exact) mass is 264 g/mol. The second kappa shape index (κ2) is 3.16. The Labute approximate surface area is 85.5 Å². The average Bonchev–Trinajstić information content (AvgIpc) is 2.58. The first-order valence-corrected chi connectivity index (χ1v) is 5.05. The predicted octanol–water partition coefficient (Wildman–Crippen LogP) is 3.21. The lowest BCUT2D eigenvalue weighted by molar-refractivity contribution is 0.572. The van der Waals surface area contributed by atoms with Crippen LogP contribution in [0.3, 0.4) is 0 Å². The molecule has 0 aliphatic carbocycles. The van der Waals surface area contributed by atoms with Gasteiger partial charge in [-0.3, -0.25) is 0 Å². The normalized spacial score (nSPS) is 10.5. The van der Waals surface area contributed by atoms with Crippen LogP contribution in [0.25, 0.3) is 10.8 Å². The number of halogens is 2. The van der Waals surface area contributed by atoms with E-state index in [0.717, 1.165) is 9.35 Å². The molecular weight excluding hydrogens is 264 g/mol. The molecule has 0 bridgehead atoms.